The van der Waals surface area contributed by atoms with Crippen LogP contribution in [0.25, 0.3) is 0 Å². The van der Waals surface area contributed by atoms with Crippen molar-refractivity contribution in [1.29, 1.82) is 0 Å². The molecule has 1 saturated heterocycles. The highest BCUT2D eigenvalue weighted by Gasteiger charge is 2.09. The summed E-state index contributed by atoms with van der Waals surface area (Å²) in [4.78, 5) is 5.00. The maximum atomic E-state index is 5.05. The van der Waals surface area contributed by atoms with Gasteiger partial charge in [-0.05, 0) is 39.4 Å². The molecule has 0 unspecified atom stereocenters. The summed E-state index contributed by atoms with van der Waals surface area (Å²) in [5.74, 6) is 0. The molecule has 0 aliphatic carbocycles. The van der Waals surface area contributed by atoms with Crippen LogP contribution in [0.4, 0.5) is 0 Å². The van der Waals surface area contributed by atoms with Gasteiger partial charge >= 0.3 is 0 Å². The molecule has 0 spiro atoms. The Morgan fingerprint density at radius 1 is 1.06 bits per heavy atom. The van der Waals surface area contributed by atoms with Crippen LogP contribution in [0.3, 0.4) is 0 Å². The molecule has 1 rings (SSSR count). The van der Waals surface area contributed by atoms with Gasteiger partial charge in [0.15, 0.2) is 0 Å². The molecule has 1 heterocycles. The van der Waals surface area contributed by atoms with Gasteiger partial charge in [0.05, 0.1) is 0 Å². The van der Waals surface area contributed by atoms with Crippen LogP contribution in [0.5, 0.6) is 0 Å². The average Bonchev–Trinajstić information content (AvgIpc) is 2.40. The van der Waals surface area contributed by atoms with Crippen LogP contribution < -0.4 is 0 Å². The van der Waals surface area contributed by atoms with E-state index in [-0.39, 0.29) is 0 Å². The van der Waals surface area contributed by atoms with Gasteiger partial charge < -0.3 is 14.5 Å². The summed E-state index contributed by atoms with van der Waals surface area (Å²) in [6.07, 6.45) is 5.37. The Kier molecular flexibility index (Phi) is 12.3. The topological polar surface area (TPSA) is 15.7 Å². The molecule has 1 aliphatic rings. The second kappa shape index (κ2) is 12.3. The Balaban J connectivity index is 0.00000121. The molecule has 0 radical (unpaired) electrons. The highest BCUT2D eigenvalue weighted by molar-refractivity contribution is 4.66. The minimum atomic E-state index is 0.883. The molecule has 104 valence electrons. The number of rotatable bonds is 7. The van der Waals surface area contributed by atoms with Gasteiger partial charge in [-0.15, -0.1) is 0 Å². The molecule has 1 aliphatic heterocycles. The molecule has 3 nitrogen and oxygen atoms in total. The second-order valence-electron chi connectivity index (χ2n) is 4.55. The van der Waals surface area contributed by atoms with E-state index in [4.69, 9.17) is 4.74 Å². The molecule has 1 fully saturated rings. The van der Waals surface area contributed by atoms with E-state index in [0.717, 1.165) is 19.6 Å². The van der Waals surface area contributed by atoms with Crippen molar-refractivity contribution in [2.24, 2.45) is 0 Å². The largest absolute Gasteiger partial charge is 0.385 e. The smallest absolute Gasteiger partial charge is 0.0474 e. The SMILES string of the molecule is CC.COCCCN(C)CCN1CCCCC1. The number of methoxy groups -OCH3 is 1. The third-order valence-corrected chi connectivity index (χ3v) is 3.13. The minimum absolute atomic E-state index is 0.883. The lowest BCUT2D eigenvalue weighted by Crippen LogP contribution is -2.36. The summed E-state index contributed by atoms with van der Waals surface area (Å²) < 4.78 is 5.05. The van der Waals surface area contributed by atoms with Crippen LogP contribution in [0, 0.1) is 0 Å². The highest BCUT2D eigenvalue weighted by atomic mass is 16.5. The number of hydrogen-bond donors (Lipinski definition) is 0. The highest BCUT2D eigenvalue weighted by Crippen LogP contribution is 2.07. The Morgan fingerprint density at radius 3 is 2.29 bits per heavy atom. The Hall–Kier alpha value is -0.120. The van der Waals surface area contributed by atoms with E-state index in [1.54, 1.807) is 7.11 Å². The monoisotopic (exact) mass is 244 g/mol. The molecule has 0 aromatic heterocycles. The maximum absolute atomic E-state index is 5.05. The minimum Gasteiger partial charge on any atom is -0.385 e. The van der Waals surface area contributed by atoms with E-state index in [1.165, 1.54) is 45.4 Å². The van der Waals surface area contributed by atoms with Crippen molar-refractivity contribution in [1.82, 2.24) is 9.80 Å². The maximum Gasteiger partial charge on any atom is 0.0474 e. The molecule has 0 bridgehead atoms. The fraction of sp³-hybridized carbons (Fsp3) is 1.00. The standard InChI is InChI=1S/C12H26N2O.C2H6/c1-13(7-6-12-15-2)10-11-14-8-4-3-5-9-14;1-2/h3-12H2,1-2H3;1-2H3. The van der Waals surface area contributed by atoms with Crippen LogP contribution in [0.15, 0.2) is 0 Å². The Morgan fingerprint density at radius 2 is 1.71 bits per heavy atom. The molecule has 3 heteroatoms. The van der Waals surface area contributed by atoms with Crippen LogP contribution in [-0.2, 0) is 4.74 Å². The van der Waals surface area contributed by atoms with Gasteiger partial charge in [-0.3, -0.25) is 0 Å². The predicted molar refractivity (Wildman–Crippen MR) is 75.6 cm³/mol. The zero-order chi connectivity index (χ0) is 12.9. The fourth-order valence-corrected chi connectivity index (χ4v) is 2.09. The summed E-state index contributed by atoms with van der Waals surface area (Å²) >= 11 is 0. The van der Waals surface area contributed by atoms with E-state index < -0.39 is 0 Å². The van der Waals surface area contributed by atoms with Gasteiger partial charge in [-0.2, -0.15) is 0 Å². The van der Waals surface area contributed by atoms with Crippen molar-refractivity contribution in [2.45, 2.75) is 39.5 Å². The zero-order valence-corrected chi connectivity index (χ0v) is 12.4. The first kappa shape index (κ1) is 16.9. The molecule has 0 aromatic carbocycles. The number of ether oxygens (including phenoxy) is 1. The van der Waals surface area contributed by atoms with E-state index in [1.807, 2.05) is 13.8 Å². The molecule has 0 amide bonds. The summed E-state index contributed by atoms with van der Waals surface area (Å²) in [6.45, 7) is 11.1. The van der Waals surface area contributed by atoms with Gasteiger partial charge in [0.25, 0.3) is 0 Å². The fourth-order valence-electron chi connectivity index (χ4n) is 2.09. The van der Waals surface area contributed by atoms with Crippen molar-refractivity contribution in [3.63, 3.8) is 0 Å². The quantitative estimate of drug-likeness (QED) is 0.640. The third kappa shape index (κ3) is 9.57. The Labute approximate surface area is 108 Å². The summed E-state index contributed by atoms with van der Waals surface area (Å²) in [6, 6.07) is 0. The van der Waals surface area contributed by atoms with Crippen LogP contribution in [0.2, 0.25) is 0 Å². The molecule has 0 N–H and O–H groups in total. The van der Waals surface area contributed by atoms with Gasteiger partial charge in [0, 0.05) is 33.4 Å². The molecule has 0 atom stereocenters. The van der Waals surface area contributed by atoms with Crippen molar-refractivity contribution >= 4 is 0 Å². The summed E-state index contributed by atoms with van der Waals surface area (Å²) in [5, 5.41) is 0. The molecular formula is C14H32N2O. The average molecular weight is 244 g/mol. The predicted octanol–water partition coefficient (Wildman–Crippen LogP) is 2.47. The van der Waals surface area contributed by atoms with Crippen LogP contribution in [0.1, 0.15) is 39.5 Å². The number of hydrogen-bond acceptors (Lipinski definition) is 3. The number of likely N-dealkylation sites (tertiary alicyclic amines) is 1. The number of nitrogens with zero attached hydrogens (tertiary/aromatic N) is 2. The van der Waals surface area contributed by atoms with Gasteiger partial charge in [-0.1, -0.05) is 20.3 Å². The van der Waals surface area contributed by atoms with Crippen molar-refractivity contribution in [2.75, 3.05) is 53.5 Å². The van der Waals surface area contributed by atoms with E-state index in [2.05, 4.69) is 16.8 Å². The van der Waals surface area contributed by atoms with Crippen molar-refractivity contribution in [3.8, 4) is 0 Å². The van der Waals surface area contributed by atoms with E-state index in [0.29, 0.717) is 0 Å². The van der Waals surface area contributed by atoms with Gasteiger partial charge in [0.2, 0.25) is 0 Å². The van der Waals surface area contributed by atoms with Crippen LogP contribution >= 0.6 is 0 Å². The number of likely N-dealkylation sites (N-methyl/N-ethyl adjacent to an activating group) is 1. The normalized spacial score (nSPS) is 16.8. The first-order chi connectivity index (χ1) is 8.33. The number of piperidine rings is 1. The zero-order valence-electron chi connectivity index (χ0n) is 12.4. The molecule has 0 aromatic rings. The van der Waals surface area contributed by atoms with Gasteiger partial charge in [0.1, 0.15) is 0 Å². The van der Waals surface area contributed by atoms with Crippen molar-refractivity contribution in [3.05, 3.63) is 0 Å². The van der Waals surface area contributed by atoms with Crippen molar-refractivity contribution < 1.29 is 4.74 Å². The van der Waals surface area contributed by atoms with Crippen LogP contribution in [-0.4, -0.2) is 63.3 Å². The summed E-state index contributed by atoms with van der Waals surface area (Å²) in [7, 11) is 3.98. The lowest BCUT2D eigenvalue weighted by molar-refractivity contribution is 0.166. The Bertz CT molecular complexity index is 147. The molecular weight excluding hydrogens is 212 g/mol. The summed E-state index contributed by atoms with van der Waals surface area (Å²) in [5.41, 5.74) is 0. The molecule has 0 saturated carbocycles. The van der Waals surface area contributed by atoms with E-state index >= 15 is 0 Å². The lowest BCUT2D eigenvalue weighted by atomic mass is 10.1. The van der Waals surface area contributed by atoms with Gasteiger partial charge in [-0.25, -0.2) is 0 Å². The second-order valence-corrected chi connectivity index (χ2v) is 4.55. The first-order valence-electron chi connectivity index (χ1n) is 7.23. The third-order valence-electron chi connectivity index (χ3n) is 3.13. The van der Waals surface area contributed by atoms with E-state index in [9.17, 15) is 0 Å². The lowest BCUT2D eigenvalue weighted by Gasteiger charge is -2.28. The first-order valence-corrected chi connectivity index (χ1v) is 7.23. The molecule has 17 heavy (non-hydrogen) atoms.